The molecular weight excluding hydrogens is 520 g/mol. The number of rotatable bonds is 8. The molecule has 2 heterocycles. The fourth-order valence-electron chi connectivity index (χ4n) is 5.44. The Morgan fingerprint density at radius 1 is 1.18 bits per heavy atom. The third kappa shape index (κ3) is 5.49. The van der Waals surface area contributed by atoms with Gasteiger partial charge in [-0.1, -0.05) is 18.6 Å². The average molecular weight is 548 g/mol. The molecule has 38 heavy (non-hydrogen) atoms. The van der Waals surface area contributed by atoms with Gasteiger partial charge in [-0.05, 0) is 66.8 Å². The van der Waals surface area contributed by atoms with Gasteiger partial charge in [0.1, 0.15) is 5.82 Å². The molecule has 201 valence electrons. The lowest BCUT2D eigenvalue weighted by Gasteiger charge is -2.32. The Labute approximate surface area is 219 Å². The zero-order chi connectivity index (χ0) is 27.1. The Morgan fingerprint density at radius 2 is 1.95 bits per heavy atom. The van der Waals surface area contributed by atoms with Crippen molar-refractivity contribution in [3.8, 4) is 0 Å². The third-order valence-corrected chi connectivity index (χ3v) is 8.92. The fraction of sp³-hybridized carbons (Fsp3) is 0.333. The number of sulfonamides is 1. The third-order valence-electron chi connectivity index (χ3n) is 7.14. The number of nitrogens with one attached hydrogen (secondary N) is 1. The van der Waals surface area contributed by atoms with E-state index in [9.17, 15) is 26.0 Å². The van der Waals surface area contributed by atoms with E-state index in [1.807, 2.05) is 24.2 Å². The van der Waals surface area contributed by atoms with E-state index in [-0.39, 0.29) is 30.7 Å². The first kappa shape index (κ1) is 26.4. The molecule has 0 bridgehead atoms. The molecular formula is C27H27F4N4O2S. The van der Waals surface area contributed by atoms with Crippen molar-refractivity contribution in [1.82, 2.24) is 14.7 Å². The van der Waals surface area contributed by atoms with Crippen molar-refractivity contribution in [3.63, 3.8) is 0 Å². The van der Waals surface area contributed by atoms with Crippen LogP contribution in [0, 0.1) is 24.1 Å². The summed E-state index contributed by atoms with van der Waals surface area (Å²) in [4.78, 5) is 4.13. The summed E-state index contributed by atoms with van der Waals surface area (Å²) in [6, 6.07) is 11.2. The van der Waals surface area contributed by atoms with Crippen LogP contribution in [0.1, 0.15) is 25.5 Å². The second-order valence-electron chi connectivity index (χ2n) is 9.66. The van der Waals surface area contributed by atoms with E-state index in [2.05, 4.69) is 10.4 Å². The van der Waals surface area contributed by atoms with Crippen molar-refractivity contribution in [2.75, 3.05) is 23.9 Å². The highest BCUT2D eigenvalue weighted by atomic mass is 32.2. The Kier molecular flexibility index (Phi) is 7.08. The van der Waals surface area contributed by atoms with Crippen LogP contribution >= 0.6 is 0 Å². The predicted molar refractivity (Wildman–Crippen MR) is 136 cm³/mol. The SMILES string of the molecule is C[C@H]1C2=CNN(c3ccc(F)cc3)C2=CC2=C1[C@@H](CN(C[CH]c1ccccn1)S(=O)(=O)CC(F)(F)F)CC2. The van der Waals surface area contributed by atoms with Crippen LogP contribution in [0.15, 0.2) is 83.4 Å². The standard InChI is InChI=1S/C27H27F4N4O2S/c1-18-24-15-33-35(23-9-7-21(28)8-10-23)25(24)14-19-5-6-20(26(18)19)16-34(38(36,37)17-27(29,30)31)13-11-22-4-2-3-12-32-22/h2-4,7-12,14-15,18,20,33H,5-6,13,16-17H2,1H3/t18-,20+/m0/s1. The minimum Gasteiger partial charge on any atom is -0.301 e. The molecule has 1 aromatic heterocycles. The molecule has 1 N–H and O–H groups in total. The number of pyridine rings is 1. The van der Waals surface area contributed by atoms with Gasteiger partial charge in [0.05, 0.1) is 11.4 Å². The number of anilines is 1. The van der Waals surface area contributed by atoms with Crippen molar-refractivity contribution in [2.45, 2.75) is 25.9 Å². The van der Waals surface area contributed by atoms with Gasteiger partial charge in [0.2, 0.25) is 10.0 Å². The van der Waals surface area contributed by atoms with E-state index >= 15 is 0 Å². The first-order valence-electron chi connectivity index (χ1n) is 12.3. The molecule has 6 nitrogen and oxygen atoms in total. The zero-order valence-corrected chi connectivity index (χ0v) is 21.4. The van der Waals surface area contributed by atoms with Gasteiger partial charge in [0.15, 0.2) is 5.75 Å². The lowest BCUT2D eigenvalue weighted by Crippen LogP contribution is -2.41. The highest BCUT2D eigenvalue weighted by Gasteiger charge is 2.42. The number of allylic oxidation sites excluding steroid dienone is 3. The highest BCUT2D eigenvalue weighted by Crippen LogP contribution is 2.48. The van der Waals surface area contributed by atoms with Crippen LogP contribution in [0.4, 0.5) is 23.2 Å². The van der Waals surface area contributed by atoms with E-state index in [0.29, 0.717) is 18.5 Å². The van der Waals surface area contributed by atoms with Crippen LogP contribution < -0.4 is 10.4 Å². The highest BCUT2D eigenvalue weighted by molar-refractivity contribution is 7.89. The van der Waals surface area contributed by atoms with Crippen molar-refractivity contribution in [2.24, 2.45) is 11.8 Å². The lowest BCUT2D eigenvalue weighted by molar-refractivity contribution is -0.107. The maximum Gasteiger partial charge on any atom is 0.404 e. The lowest BCUT2D eigenvalue weighted by atomic mass is 9.80. The van der Waals surface area contributed by atoms with Crippen LogP contribution in [-0.2, 0) is 10.0 Å². The summed E-state index contributed by atoms with van der Waals surface area (Å²) in [5.41, 5.74) is 8.50. The van der Waals surface area contributed by atoms with Crippen molar-refractivity contribution < 1.29 is 26.0 Å². The Bertz CT molecular complexity index is 1390. The molecule has 0 unspecified atom stereocenters. The van der Waals surface area contributed by atoms with Crippen molar-refractivity contribution >= 4 is 15.7 Å². The summed E-state index contributed by atoms with van der Waals surface area (Å²) in [5.74, 6) is -2.53. The molecule has 0 spiro atoms. The van der Waals surface area contributed by atoms with Gasteiger partial charge in [0.25, 0.3) is 0 Å². The van der Waals surface area contributed by atoms with Gasteiger partial charge in [-0.15, -0.1) is 0 Å². The molecule has 5 rings (SSSR count). The van der Waals surface area contributed by atoms with Crippen molar-refractivity contribution in [1.29, 1.82) is 0 Å². The van der Waals surface area contributed by atoms with Gasteiger partial charge >= 0.3 is 6.18 Å². The first-order chi connectivity index (χ1) is 18.0. The maximum absolute atomic E-state index is 13.4. The normalized spacial score (nSPS) is 21.3. The summed E-state index contributed by atoms with van der Waals surface area (Å²) < 4.78 is 79.7. The van der Waals surface area contributed by atoms with E-state index < -0.39 is 22.0 Å². The molecule has 0 saturated carbocycles. The summed E-state index contributed by atoms with van der Waals surface area (Å²) in [7, 11) is -4.61. The van der Waals surface area contributed by atoms with Crippen LogP contribution in [-0.4, -0.2) is 42.7 Å². The number of hydrazine groups is 1. The van der Waals surface area contributed by atoms with Crippen molar-refractivity contribution in [3.05, 3.63) is 101 Å². The summed E-state index contributed by atoms with van der Waals surface area (Å²) in [5, 5.41) is 1.87. The number of fused-ring (bicyclic) bond motifs is 1. The largest absolute Gasteiger partial charge is 0.404 e. The summed E-state index contributed by atoms with van der Waals surface area (Å²) in [6.07, 6.45) is 3.46. The molecule has 0 fully saturated rings. The smallest absolute Gasteiger partial charge is 0.301 e. The zero-order valence-electron chi connectivity index (χ0n) is 20.6. The topological polar surface area (TPSA) is 65.5 Å². The van der Waals surface area contributed by atoms with E-state index in [1.54, 1.807) is 36.5 Å². The Morgan fingerprint density at radius 3 is 2.63 bits per heavy atom. The molecule has 1 radical (unpaired) electrons. The number of alkyl halides is 3. The van der Waals surface area contributed by atoms with Gasteiger partial charge in [-0.25, -0.2) is 17.1 Å². The molecule has 1 aromatic carbocycles. The summed E-state index contributed by atoms with van der Waals surface area (Å²) in [6.45, 7) is 1.78. The minimum atomic E-state index is -4.85. The molecule has 1 aliphatic heterocycles. The van der Waals surface area contributed by atoms with Crippen LogP contribution in [0.25, 0.3) is 0 Å². The number of benzene rings is 1. The van der Waals surface area contributed by atoms with E-state index in [1.165, 1.54) is 18.6 Å². The minimum absolute atomic E-state index is 0.0452. The number of hydrogen-bond donors (Lipinski definition) is 1. The number of hydrogen-bond acceptors (Lipinski definition) is 5. The predicted octanol–water partition coefficient (Wildman–Crippen LogP) is 5.12. The van der Waals surface area contributed by atoms with E-state index in [4.69, 9.17) is 0 Å². The van der Waals surface area contributed by atoms with Gasteiger partial charge in [-0.2, -0.15) is 13.2 Å². The number of aromatic nitrogens is 1. The second-order valence-corrected chi connectivity index (χ2v) is 11.6. The van der Waals surface area contributed by atoms with Crippen LogP contribution in [0.3, 0.4) is 0 Å². The molecule has 2 atom stereocenters. The molecule has 2 aromatic rings. The Hall–Kier alpha value is -3.18. The van der Waals surface area contributed by atoms with Gasteiger partial charge in [-0.3, -0.25) is 9.99 Å². The number of halogens is 4. The fourth-order valence-corrected chi connectivity index (χ4v) is 6.75. The molecule has 0 saturated heterocycles. The molecule has 11 heteroatoms. The van der Waals surface area contributed by atoms with Crippen LogP contribution in [0.2, 0.25) is 0 Å². The Balaban J connectivity index is 1.40. The van der Waals surface area contributed by atoms with Crippen LogP contribution in [0.5, 0.6) is 0 Å². The summed E-state index contributed by atoms with van der Waals surface area (Å²) >= 11 is 0. The maximum atomic E-state index is 13.4. The quantitative estimate of drug-likeness (QED) is 0.465. The van der Waals surface area contributed by atoms with Gasteiger partial charge in [0, 0.05) is 49.1 Å². The van der Waals surface area contributed by atoms with Gasteiger partial charge < -0.3 is 5.43 Å². The monoisotopic (exact) mass is 547 g/mol. The number of nitrogens with zero attached hydrogens (tertiary/aromatic N) is 3. The second kappa shape index (κ2) is 10.2. The van der Waals surface area contributed by atoms with E-state index in [0.717, 1.165) is 32.4 Å². The molecule has 2 aliphatic carbocycles. The molecule has 3 aliphatic rings. The average Bonchev–Trinajstić information content (AvgIpc) is 3.46. The molecule has 0 amide bonds. The first-order valence-corrected chi connectivity index (χ1v) is 13.9.